The van der Waals surface area contributed by atoms with Gasteiger partial charge in [0.15, 0.2) is 0 Å². The van der Waals surface area contributed by atoms with Crippen molar-refractivity contribution in [2.45, 2.75) is 16.0 Å². The molecule has 1 rings (SSSR count). The van der Waals surface area contributed by atoms with Crippen LogP contribution in [0.1, 0.15) is 6.92 Å². The zero-order valence-electron chi connectivity index (χ0n) is 6.97. The molecule has 0 heterocycles. The van der Waals surface area contributed by atoms with Crippen LogP contribution in [0.4, 0.5) is 0 Å². The van der Waals surface area contributed by atoms with Gasteiger partial charge in [0.1, 0.15) is 0 Å². The van der Waals surface area contributed by atoms with Crippen molar-refractivity contribution in [2.24, 2.45) is 0 Å². The summed E-state index contributed by atoms with van der Waals surface area (Å²) in [6.45, 7) is 1.94. The van der Waals surface area contributed by atoms with E-state index in [4.69, 9.17) is 0 Å². The van der Waals surface area contributed by atoms with Crippen LogP contribution < -0.4 is 0 Å². The zero-order chi connectivity index (χ0) is 9.03. The zero-order valence-corrected chi connectivity index (χ0v) is 9.91. The van der Waals surface area contributed by atoms with Crippen molar-refractivity contribution in [1.29, 1.82) is 0 Å². The molecule has 1 aliphatic rings. The summed E-state index contributed by atoms with van der Waals surface area (Å²) >= 11 is -3.06. The van der Waals surface area contributed by atoms with Gasteiger partial charge < -0.3 is 0 Å². The Morgan fingerprint density at radius 2 is 1.75 bits per heavy atom. The van der Waals surface area contributed by atoms with Gasteiger partial charge in [-0.3, -0.25) is 0 Å². The van der Waals surface area contributed by atoms with Gasteiger partial charge in [-0.05, 0) is 0 Å². The summed E-state index contributed by atoms with van der Waals surface area (Å²) in [4.78, 5) is 22.5. The molecule has 66 valence electrons. The molecule has 0 fully saturated rings. The Morgan fingerprint density at radius 1 is 1.25 bits per heavy atom. The summed E-state index contributed by atoms with van der Waals surface area (Å²) in [5.74, 6) is 0. The van der Waals surface area contributed by atoms with Crippen LogP contribution in [-0.2, 0) is 25.6 Å². The average Bonchev–Trinajstić information content (AvgIpc) is 2.62. The third-order valence-corrected chi connectivity index (χ3v) is 13.0. The van der Waals surface area contributed by atoms with E-state index in [9.17, 15) is 9.59 Å². The number of hydrogen-bond donors (Lipinski definition) is 0. The van der Waals surface area contributed by atoms with Crippen molar-refractivity contribution in [3.8, 4) is 0 Å². The summed E-state index contributed by atoms with van der Waals surface area (Å²) in [6, 6.07) is 0. The molecule has 0 aromatic carbocycles. The van der Waals surface area contributed by atoms with Gasteiger partial charge in [-0.2, -0.15) is 0 Å². The molecule has 0 saturated heterocycles. The van der Waals surface area contributed by atoms with Gasteiger partial charge in [-0.15, -0.1) is 0 Å². The van der Waals surface area contributed by atoms with Crippen LogP contribution in [0.3, 0.4) is 0 Å². The summed E-state index contributed by atoms with van der Waals surface area (Å²) in [7, 11) is 0. The van der Waals surface area contributed by atoms with Crippen LogP contribution in [-0.4, -0.2) is 9.35 Å². The van der Waals surface area contributed by atoms with E-state index in [1.165, 1.54) is 0 Å². The van der Waals surface area contributed by atoms with Crippen LogP contribution >= 0.6 is 0 Å². The Balaban J connectivity index is 2.91. The molecule has 0 N–H and O–H groups in total. The number of carbonyl (C=O) groups is 2. The number of hydrogen-bond acceptors (Lipinski definition) is 2. The Kier molecular flexibility index (Phi) is 3.16. The Hall–Kier alpha value is -0.492. The quantitative estimate of drug-likeness (QED) is 0.735. The Labute approximate surface area is 75.5 Å². The molecule has 0 atom stereocenters. The SMILES string of the molecule is C[CH2][W]([CH]=O)([CH]=O)[CH]1C=CC=C1. The molecule has 3 heteroatoms. The van der Waals surface area contributed by atoms with Crippen molar-refractivity contribution in [2.75, 3.05) is 0 Å². The molecule has 0 spiro atoms. The van der Waals surface area contributed by atoms with E-state index in [0.717, 1.165) is 14.2 Å². The minimum atomic E-state index is -3.06. The van der Waals surface area contributed by atoms with E-state index >= 15 is 0 Å². The Bertz CT molecular complexity index is 223. The van der Waals surface area contributed by atoms with Gasteiger partial charge in [0.25, 0.3) is 0 Å². The van der Waals surface area contributed by atoms with Crippen LogP contribution in [0.25, 0.3) is 0 Å². The van der Waals surface area contributed by atoms with Gasteiger partial charge in [-0.25, -0.2) is 0 Å². The van der Waals surface area contributed by atoms with E-state index in [1.54, 1.807) is 0 Å². The van der Waals surface area contributed by atoms with Gasteiger partial charge in [0, 0.05) is 0 Å². The predicted octanol–water partition coefficient (Wildman–Crippen LogP) is 1.87. The van der Waals surface area contributed by atoms with Gasteiger partial charge in [-0.1, -0.05) is 0 Å². The summed E-state index contributed by atoms with van der Waals surface area (Å²) in [6.07, 6.45) is 7.78. The fourth-order valence-corrected chi connectivity index (χ4v) is 7.38. The first-order valence-corrected chi connectivity index (χ1v) is 11.0. The van der Waals surface area contributed by atoms with Gasteiger partial charge >= 0.3 is 75.3 Å². The number of rotatable bonds is 4. The molecule has 0 bridgehead atoms. The molecule has 12 heavy (non-hydrogen) atoms. The van der Waals surface area contributed by atoms with Gasteiger partial charge in [0.2, 0.25) is 0 Å². The Morgan fingerprint density at radius 3 is 2.08 bits per heavy atom. The first-order chi connectivity index (χ1) is 5.79. The van der Waals surface area contributed by atoms with E-state index in [2.05, 4.69) is 0 Å². The second-order valence-electron chi connectivity index (χ2n) is 2.62. The second-order valence-corrected chi connectivity index (χ2v) is 14.6. The maximum atomic E-state index is 10.9. The molecule has 0 radical (unpaired) electrons. The molecule has 0 amide bonds. The van der Waals surface area contributed by atoms with E-state index in [0.29, 0.717) is 0 Å². The molecule has 0 saturated carbocycles. The summed E-state index contributed by atoms with van der Waals surface area (Å²) in [5.41, 5.74) is 0. The van der Waals surface area contributed by atoms with Crippen molar-refractivity contribution in [1.82, 2.24) is 0 Å². The van der Waals surface area contributed by atoms with Crippen molar-refractivity contribution >= 4 is 9.35 Å². The molecule has 0 aliphatic heterocycles. The second kappa shape index (κ2) is 3.95. The van der Waals surface area contributed by atoms with Crippen LogP contribution in [0, 0.1) is 0 Å². The normalized spacial score (nSPS) is 18.1. The van der Waals surface area contributed by atoms with Gasteiger partial charge in [0.05, 0.1) is 0 Å². The molecular weight excluding hydrogens is 324 g/mol. The molecular formula is C9H12O2W. The molecule has 2 nitrogen and oxygen atoms in total. The fourth-order valence-electron chi connectivity index (χ4n) is 1.18. The standard InChI is InChI=1S/C5H5.C2H5.2CHO.W/c1-2-4-5-3-1;3*1-2;/h1-5H;1H2,2H3;2*1H;. The first kappa shape index (κ1) is 9.60. The third-order valence-electron chi connectivity index (χ3n) is 2.08. The summed E-state index contributed by atoms with van der Waals surface area (Å²) in [5, 5.41) is 0. The minimum absolute atomic E-state index is 0.164. The van der Waals surface area contributed by atoms with Crippen molar-refractivity contribution in [3.05, 3.63) is 24.3 Å². The van der Waals surface area contributed by atoms with E-state index in [-0.39, 0.29) is 4.31 Å². The monoisotopic (exact) mass is 336 g/mol. The van der Waals surface area contributed by atoms with Crippen molar-refractivity contribution in [3.63, 3.8) is 0 Å². The van der Waals surface area contributed by atoms with Crippen LogP contribution in [0.15, 0.2) is 24.3 Å². The fraction of sp³-hybridized carbons (Fsp3) is 0.333. The molecule has 0 aromatic rings. The average molecular weight is 336 g/mol. The summed E-state index contributed by atoms with van der Waals surface area (Å²) < 4.78 is 2.09. The topological polar surface area (TPSA) is 34.1 Å². The van der Waals surface area contributed by atoms with E-state index in [1.807, 2.05) is 31.2 Å². The van der Waals surface area contributed by atoms with Crippen LogP contribution in [0.5, 0.6) is 0 Å². The predicted molar refractivity (Wildman–Crippen MR) is 46.0 cm³/mol. The first-order valence-electron chi connectivity index (χ1n) is 3.84. The number of carbonyl (C=O) groups excluding carboxylic acids is 2. The molecule has 0 aromatic heterocycles. The van der Waals surface area contributed by atoms with Crippen LogP contribution in [0.2, 0.25) is 9.12 Å². The molecule has 1 aliphatic carbocycles. The number of allylic oxidation sites excluding steroid dienone is 4. The third kappa shape index (κ3) is 1.49. The molecule has 0 unspecified atom stereocenters. The van der Waals surface area contributed by atoms with E-state index < -0.39 is 16.1 Å². The van der Waals surface area contributed by atoms with Crippen molar-refractivity contribution < 1.29 is 25.6 Å². The maximum absolute atomic E-state index is 10.9.